The van der Waals surface area contributed by atoms with Crippen LogP contribution in [0.2, 0.25) is 0 Å². The van der Waals surface area contributed by atoms with Crippen LogP contribution in [-0.2, 0) is 0 Å². The molecule has 0 aliphatic rings. The third kappa shape index (κ3) is 1.94. The third-order valence-electron chi connectivity index (χ3n) is 2.07. The van der Waals surface area contributed by atoms with Crippen LogP contribution in [0.1, 0.15) is 11.3 Å². The minimum Gasteiger partial charge on any atom is -0.232 e. The predicted octanol–water partition coefficient (Wildman–Crippen LogP) is 3.72. The second-order valence-corrected chi connectivity index (χ2v) is 4.74. The molecule has 2 rings (SSSR count). The van der Waals surface area contributed by atoms with E-state index >= 15 is 0 Å². The molecule has 2 aromatic rings. The number of hydrogen-bond acceptors (Lipinski definition) is 3. The van der Waals surface area contributed by atoms with E-state index in [-0.39, 0.29) is 0 Å². The Kier molecular flexibility index (Phi) is 2.84. The average Bonchev–Trinajstić information content (AvgIpc) is 2.60. The van der Waals surface area contributed by atoms with Crippen molar-refractivity contribution in [2.75, 3.05) is 0 Å². The summed E-state index contributed by atoms with van der Waals surface area (Å²) in [7, 11) is 0. The largest absolute Gasteiger partial charge is 0.232 e. The molecule has 2 heterocycles. The lowest BCUT2D eigenvalue weighted by Crippen LogP contribution is -1.97. The van der Waals surface area contributed by atoms with Gasteiger partial charge >= 0.3 is 0 Å². The summed E-state index contributed by atoms with van der Waals surface area (Å²) in [6.07, 6.45) is 0. The Morgan fingerprint density at radius 2 is 2.00 bits per heavy atom. The molecular formula is C10H8BrFN2S. The molecule has 0 unspecified atom stereocenters. The zero-order valence-corrected chi connectivity index (χ0v) is 10.6. The summed E-state index contributed by atoms with van der Waals surface area (Å²) in [5.74, 6) is -0.0601. The van der Waals surface area contributed by atoms with E-state index < -0.39 is 5.95 Å². The maximum atomic E-state index is 13.4. The SMILES string of the molecule is Cc1cscc1-c1nc(C)c(Br)c(F)n1. The van der Waals surface area contributed by atoms with Gasteiger partial charge in [-0.1, -0.05) is 0 Å². The second-order valence-electron chi connectivity index (χ2n) is 3.21. The molecule has 2 aromatic heterocycles. The molecule has 0 radical (unpaired) electrons. The van der Waals surface area contributed by atoms with E-state index in [1.807, 2.05) is 17.7 Å². The fourth-order valence-corrected chi connectivity index (χ4v) is 2.24. The quantitative estimate of drug-likeness (QED) is 0.747. The molecule has 15 heavy (non-hydrogen) atoms. The summed E-state index contributed by atoms with van der Waals surface area (Å²) in [5.41, 5.74) is 2.58. The van der Waals surface area contributed by atoms with Crippen LogP contribution >= 0.6 is 27.3 Å². The van der Waals surface area contributed by atoms with Crippen molar-refractivity contribution < 1.29 is 4.39 Å². The highest BCUT2D eigenvalue weighted by atomic mass is 79.9. The van der Waals surface area contributed by atoms with Crippen LogP contribution in [0, 0.1) is 19.8 Å². The molecule has 0 N–H and O–H groups in total. The molecule has 0 spiro atoms. The maximum absolute atomic E-state index is 13.4. The zero-order chi connectivity index (χ0) is 11.0. The van der Waals surface area contributed by atoms with Crippen molar-refractivity contribution in [1.29, 1.82) is 0 Å². The van der Waals surface area contributed by atoms with Crippen LogP contribution < -0.4 is 0 Å². The number of aryl methyl sites for hydroxylation is 2. The smallest absolute Gasteiger partial charge is 0.231 e. The lowest BCUT2D eigenvalue weighted by atomic mass is 10.2. The highest BCUT2D eigenvalue weighted by molar-refractivity contribution is 9.10. The maximum Gasteiger partial charge on any atom is 0.231 e. The summed E-state index contributed by atoms with van der Waals surface area (Å²) in [5, 5.41) is 3.92. The molecular weight excluding hydrogens is 279 g/mol. The Morgan fingerprint density at radius 1 is 1.27 bits per heavy atom. The molecule has 0 saturated carbocycles. The second kappa shape index (κ2) is 3.98. The first-order chi connectivity index (χ1) is 7.09. The number of nitrogens with zero attached hydrogens (tertiary/aromatic N) is 2. The van der Waals surface area contributed by atoms with E-state index in [1.165, 1.54) is 0 Å². The molecule has 0 bridgehead atoms. The number of hydrogen-bond donors (Lipinski definition) is 0. The van der Waals surface area contributed by atoms with Gasteiger partial charge in [-0.15, -0.1) is 0 Å². The summed E-state index contributed by atoms with van der Waals surface area (Å²) < 4.78 is 13.7. The van der Waals surface area contributed by atoms with Gasteiger partial charge in [0, 0.05) is 10.9 Å². The Hall–Kier alpha value is -0.810. The standard InChI is InChI=1S/C10H8BrFN2S/c1-5-3-15-4-7(5)10-13-6(2)8(11)9(12)14-10/h3-4H,1-2H3. The Bertz CT molecular complexity index is 487. The Morgan fingerprint density at radius 3 is 2.53 bits per heavy atom. The van der Waals surface area contributed by atoms with Gasteiger partial charge < -0.3 is 0 Å². The van der Waals surface area contributed by atoms with Gasteiger partial charge in [-0.25, -0.2) is 4.98 Å². The summed E-state index contributed by atoms with van der Waals surface area (Å²) in [6.45, 7) is 3.71. The average molecular weight is 287 g/mol. The Labute approximate surface area is 99.3 Å². The number of halogens is 2. The molecule has 0 atom stereocenters. The highest BCUT2D eigenvalue weighted by Gasteiger charge is 2.12. The van der Waals surface area contributed by atoms with Gasteiger partial charge in [0.05, 0.1) is 10.2 Å². The number of rotatable bonds is 1. The first-order valence-electron chi connectivity index (χ1n) is 4.32. The fraction of sp³-hybridized carbons (Fsp3) is 0.200. The van der Waals surface area contributed by atoms with E-state index in [1.54, 1.807) is 18.3 Å². The van der Waals surface area contributed by atoms with Gasteiger partial charge in [0.25, 0.3) is 0 Å². The van der Waals surface area contributed by atoms with Crippen molar-refractivity contribution in [3.63, 3.8) is 0 Å². The molecule has 0 aliphatic heterocycles. The van der Waals surface area contributed by atoms with E-state index in [0.717, 1.165) is 11.1 Å². The molecule has 0 aliphatic carbocycles. The molecule has 78 valence electrons. The molecule has 0 fully saturated rings. The minimum atomic E-state index is -0.511. The van der Waals surface area contributed by atoms with Crippen LogP contribution in [0.15, 0.2) is 15.2 Å². The lowest BCUT2D eigenvalue weighted by molar-refractivity contribution is 0.571. The number of thiophene rings is 1. The topological polar surface area (TPSA) is 25.8 Å². The van der Waals surface area contributed by atoms with Crippen molar-refractivity contribution >= 4 is 27.3 Å². The van der Waals surface area contributed by atoms with Crippen molar-refractivity contribution in [2.24, 2.45) is 0 Å². The van der Waals surface area contributed by atoms with Crippen molar-refractivity contribution in [2.45, 2.75) is 13.8 Å². The van der Waals surface area contributed by atoms with Crippen LogP contribution in [0.4, 0.5) is 4.39 Å². The summed E-state index contributed by atoms with van der Waals surface area (Å²) >= 11 is 4.66. The molecule has 0 saturated heterocycles. The third-order valence-corrected chi connectivity index (χ3v) is 3.84. The molecule has 2 nitrogen and oxygen atoms in total. The highest BCUT2D eigenvalue weighted by Crippen LogP contribution is 2.26. The number of aromatic nitrogens is 2. The molecule has 0 amide bonds. The minimum absolute atomic E-state index is 0.333. The first-order valence-corrected chi connectivity index (χ1v) is 6.06. The fourth-order valence-electron chi connectivity index (χ4n) is 1.23. The predicted molar refractivity (Wildman–Crippen MR) is 62.5 cm³/mol. The van der Waals surface area contributed by atoms with E-state index in [9.17, 15) is 4.39 Å². The summed E-state index contributed by atoms with van der Waals surface area (Å²) in [6, 6.07) is 0. The van der Waals surface area contributed by atoms with Gasteiger partial charge in [0.15, 0.2) is 5.82 Å². The van der Waals surface area contributed by atoms with Gasteiger partial charge in [-0.05, 0) is 40.7 Å². The molecule has 0 aromatic carbocycles. The lowest BCUT2D eigenvalue weighted by Gasteiger charge is -2.03. The van der Waals surface area contributed by atoms with Crippen molar-refractivity contribution in [3.05, 3.63) is 32.4 Å². The van der Waals surface area contributed by atoms with Crippen LogP contribution in [-0.4, -0.2) is 9.97 Å². The van der Waals surface area contributed by atoms with Gasteiger partial charge in [0.1, 0.15) is 0 Å². The van der Waals surface area contributed by atoms with Gasteiger partial charge in [-0.2, -0.15) is 20.7 Å². The van der Waals surface area contributed by atoms with Crippen molar-refractivity contribution in [1.82, 2.24) is 9.97 Å². The normalized spacial score (nSPS) is 10.7. The van der Waals surface area contributed by atoms with E-state index in [2.05, 4.69) is 25.9 Å². The molecule has 5 heteroatoms. The van der Waals surface area contributed by atoms with Crippen LogP contribution in [0.5, 0.6) is 0 Å². The van der Waals surface area contributed by atoms with Crippen LogP contribution in [0.3, 0.4) is 0 Å². The van der Waals surface area contributed by atoms with Gasteiger partial charge in [0.2, 0.25) is 5.95 Å². The van der Waals surface area contributed by atoms with E-state index in [4.69, 9.17) is 0 Å². The van der Waals surface area contributed by atoms with E-state index in [0.29, 0.717) is 16.0 Å². The zero-order valence-electron chi connectivity index (χ0n) is 8.21. The first kappa shape index (κ1) is 10.7. The van der Waals surface area contributed by atoms with Crippen LogP contribution in [0.25, 0.3) is 11.4 Å². The van der Waals surface area contributed by atoms with Gasteiger partial charge in [-0.3, -0.25) is 0 Å². The Balaban J connectivity index is 2.60. The summed E-state index contributed by atoms with van der Waals surface area (Å²) in [4.78, 5) is 8.06. The monoisotopic (exact) mass is 286 g/mol. The van der Waals surface area contributed by atoms with Crippen molar-refractivity contribution in [3.8, 4) is 11.4 Å².